The summed E-state index contributed by atoms with van der Waals surface area (Å²) >= 11 is 0. The molecule has 0 bridgehead atoms. The molecule has 0 aliphatic heterocycles. The Morgan fingerprint density at radius 2 is 1.68 bits per heavy atom. The number of para-hydroxylation sites is 1. The van der Waals surface area contributed by atoms with E-state index in [-0.39, 0.29) is 35.4 Å². The summed E-state index contributed by atoms with van der Waals surface area (Å²) in [6, 6.07) is 10.6. The lowest BCUT2D eigenvalue weighted by atomic mass is 9.86. The van der Waals surface area contributed by atoms with Crippen LogP contribution < -0.4 is 21.1 Å². The highest BCUT2D eigenvalue weighted by Crippen LogP contribution is 2.30. The minimum absolute atomic E-state index is 0.0541. The van der Waals surface area contributed by atoms with E-state index in [4.69, 9.17) is 5.73 Å². The molecule has 0 radical (unpaired) electrons. The molecule has 1 aliphatic rings. The molecule has 212 valence electrons. The number of aromatic nitrogens is 2. The van der Waals surface area contributed by atoms with Gasteiger partial charge in [-0.3, -0.25) is 0 Å². The molecule has 1 saturated carbocycles. The number of alkyl halides is 6. The van der Waals surface area contributed by atoms with Crippen LogP contribution in [0.15, 0.2) is 54.7 Å². The molecule has 4 N–H and O–H groups in total. The average Bonchev–Trinajstić information content (AvgIpc) is 2.90. The van der Waals surface area contributed by atoms with E-state index in [2.05, 4.69) is 37.2 Å². The number of anilines is 2. The number of halogens is 6. The van der Waals surface area contributed by atoms with Crippen LogP contribution in [-0.2, 0) is 12.7 Å². The van der Waals surface area contributed by atoms with Crippen LogP contribution in [0.5, 0.6) is 5.75 Å². The maximum atomic E-state index is 13.1. The first kappa shape index (κ1) is 29.0. The molecule has 2 aromatic carbocycles. The van der Waals surface area contributed by atoms with Gasteiger partial charge in [0.2, 0.25) is 5.95 Å². The van der Waals surface area contributed by atoms with Crippen LogP contribution in [-0.4, -0.2) is 28.9 Å². The van der Waals surface area contributed by atoms with Crippen LogP contribution in [0.3, 0.4) is 0 Å². The molecule has 6 nitrogen and oxygen atoms in total. The van der Waals surface area contributed by atoms with Crippen molar-refractivity contribution in [2.45, 2.75) is 50.8 Å². The number of hydrogen-bond acceptors (Lipinski definition) is 6. The summed E-state index contributed by atoms with van der Waals surface area (Å²) in [7, 11) is 0. The second-order valence-electron chi connectivity index (χ2n) is 9.46. The number of benzene rings is 2. The molecule has 40 heavy (non-hydrogen) atoms. The Labute approximate surface area is 227 Å². The highest BCUT2D eigenvalue weighted by molar-refractivity contribution is 5.57. The third-order valence-electron chi connectivity index (χ3n) is 6.41. The zero-order valence-electron chi connectivity index (χ0n) is 21.2. The quantitative estimate of drug-likeness (QED) is 0.230. The van der Waals surface area contributed by atoms with Crippen LogP contribution in [0.1, 0.15) is 47.9 Å². The Hall–Kier alpha value is -3.98. The predicted molar refractivity (Wildman–Crippen MR) is 138 cm³/mol. The van der Waals surface area contributed by atoms with Gasteiger partial charge in [-0.2, -0.15) is 18.2 Å². The van der Waals surface area contributed by atoms with Crippen LogP contribution in [0, 0.1) is 17.8 Å². The normalized spacial score (nSPS) is 17.5. The maximum Gasteiger partial charge on any atom is 0.573 e. The predicted octanol–water partition coefficient (Wildman–Crippen LogP) is 6.34. The molecule has 3 aromatic rings. The van der Waals surface area contributed by atoms with Gasteiger partial charge in [-0.1, -0.05) is 36.1 Å². The zero-order valence-corrected chi connectivity index (χ0v) is 21.2. The first-order chi connectivity index (χ1) is 19.0. The van der Waals surface area contributed by atoms with Crippen molar-refractivity contribution in [2.24, 2.45) is 11.7 Å². The molecule has 4 rings (SSSR count). The lowest BCUT2D eigenvalue weighted by molar-refractivity contribution is -0.274. The van der Waals surface area contributed by atoms with Gasteiger partial charge in [-0.25, -0.2) is 4.98 Å². The highest BCUT2D eigenvalue weighted by Gasteiger charge is 2.32. The Balaban J connectivity index is 1.55. The van der Waals surface area contributed by atoms with Crippen molar-refractivity contribution in [3.63, 3.8) is 0 Å². The number of hydrogen-bond donors (Lipinski definition) is 3. The lowest BCUT2D eigenvalue weighted by Crippen LogP contribution is -2.29. The van der Waals surface area contributed by atoms with Gasteiger partial charge in [-0.05, 0) is 55.9 Å². The smallest absolute Gasteiger partial charge is 0.405 e. The molecule has 0 unspecified atom stereocenters. The number of nitrogens with one attached hydrogen (secondary N) is 2. The Morgan fingerprint density at radius 1 is 0.925 bits per heavy atom. The molecule has 1 aliphatic carbocycles. The van der Waals surface area contributed by atoms with Gasteiger partial charge in [-0.15, -0.1) is 13.2 Å². The van der Waals surface area contributed by atoms with Gasteiger partial charge >= 0.3 is 12.5 Å². The second kappa shape index (κ2) is 12.5. The van der Waals surface area contributed by atoms with Crippen molar-refractivity contribution in [3.05, 3.63) is 77.0 Å². The minimum atomic E-state index is -4.84. The van der Waals surface area contributed by atoms with E-state index in [1.54, 1.807) is 6.07 Å². The van der Waals surface area contributed by atoms with Crippen molar-refractivity contribution >= 4 is 11.8 Å². The van der Waals surface area contributed by atoms with Gasteiger partial charge in [0.15, 0.2) is 0 Å². The number of ether oxygens (including phenoxy) is 1. The molecule has 12 heteroatoms. The molecule has 1 aromatic heterocycles. The first-order valence-electron chi connectivity index (χ1n) is 12.6. The number of rotatable bonds is 7. The number of nitrogens with zero attached hydrogens (tertiary/aromatic N) is 2. The van der Waals surface area contributed by atoms with Gasteiger partial charge < -0.3 is 21.1 Å². The fourth-order valence-electron chi connectivity index (χ4n) is 4.29. The van der Waals surface area contributed by atoms with E-state index in [0.717, 1.165) is 37.8 Å². The summed E-state index contributed by atoms with van der Waals surface area (Å²) in [5.74, 6) is 6.06. The summed E-state index contributed by atoms with van der Waals surface area (Å²) in [4.78, 5) is 8.67. The van der Waals surface area contributed by atoms with E-state index in [1.165, 1.54) is 36.5 Å². The summed E-state index contributed by atoms with van der Waals surface area (Å²) in [6.07, 6.45) is -4.24. The van der Waals surface area contributed by atoms with Gasteiger partial charge in [0.1, 0.15) is 11.6 Å². The third kappa shape index (κ3) is 8.51. The van der Waals surface area contributed by atoms with Crippen molar-refractivity contribution in [2.75, 3.05) is 17.2 Å². The summed E-state index contributed by atoms with van der Waals surface area (Å²) in [5.41, 5.74) is 5.96. The maximum absolute atomic E-state index is 13.1. The fraction of sp³-hybridized carbons (Fsp3) is 0.357. The Morgan fingerprint density at radius 3 is 2.40 bits per heavy atom. The average molecular weight is 564 g/mol. The SMILES string of the molecule is NC1CCC(CNc2nc(NCc3ccccc3OC(F)(F)F)ncc2C#Cc2cccc(C(F)(F)F)c2)CC1. The van der Waals surface area contributed by atoms with Gasteiger partial charge in [0.25, 0.3) is 0 Å². The molecule has 0 spiro atoms. The van der Waals surface area contributed by atoms with Crippen LogP contribution >= 0.6 is 0 Å². The molecular formula is C28H27F6N5O. The molecular weight excluding hydrogens is 536 g/mol. The van der Waals surface area contributed by atoms with Crippen LogP contribution in [0.4, 0.5) is 38.1 Å². The second-order valence-corrected chi connectivity index (χ2v) is 9.46. The largest absolute Gasteiger partial charge is 0.573 e. The molecule has 0 amide bonds. The fourth-order valence-corrected chi connectivity index (χ4v) is 4.29. The standard InChI is InChI=1S/C28H27F6N5O/c29-27(30,31)22-6-3-4-18(14-22)8-11-21-17-38-26(39-25(21)36-15-19-9-12-23(35)13-10-19)37-16-20-5-1-2-7-24(20)40-28(32,33)34/h1-7,14,17,19,23H,9-10,12-13,15-16,35H2,(H2,36,37,38,39). The lowest BCUT2D eigenvalue weighted by Gasteiger charge is -2.26. The Bertz CT molecular complexity index is 1360. The van der Waals surface area contributed by atoms with Crippen molar-refractivity contribution in [1.29, 1.82) is 0 Å². The van der Waals surface area contributed by atoms with Gasteiger partial charge in [0, 0.05) is 30.3 Å². The van der Waals surface area contributed by atoms with Gasteiger partial charge in [0.05, 0.1) is 17.3 Å². The summed E-state index contributed by atoms with van der Waals surface area (Å²) < 4.78 is 81.6. The Kier molecular flexibility index (Phi) is 9.04. The molecule has 0 saturated heterocycles. The van der Waals surface area contributed by atoms with Crippen molar-refractivity contribution in [1.82, 2.24) is 9.97 Å². The van der Waals surface area contributed by atoms with E-state index in [0.29, 0.717) is 23.8 Å². The van der Waals surface area contributed by atoms with Crippen molar-refractivity contribution < 1.29 is 31.1 Å². The van der Waals surface area contributed by atoms with Crippen molar-refractivity contribution in [3.8, 4) is 17.6 Å². The van der Waals surface area contributed by atoms with Crippen LogP contribution in [0.25, 0.3) is 0 Å². The summed E-state index contributed by atoms with van der Waals surface area (Å²) in [6.45, 7) is 0.519. The molecule has 0 atom stereocenters. The van der Waals surface area contributed by atoms with Crippen LogP contribution in [0.2, 0.25) is 0 Å². The van der Waals surface area contributed by atoms with E-state index >= 15 is 0 Å². The first-order valence-corrected chi connectivity index (χ1v) is 12.6. The van der Waals surface area contributed by atoms with E-state index < -0.39 is 18.1 Å². The minimum Gasteiger partial charge on any atom is -0.405 e. The summed E-state index contributed by atoms with van der Waals surface area (Å²) in [5, 5.41) is 6.16. The highest BCUT2D eigenvalue weighted by atomic mass is 19.4. The van der Waals surface area contributed by atoms with E-state index in [9.17, 15) is 26.3 Å². The molecule has 1 fully saturated rings. The zero-order chi connectivity index (χ0) is 28.8. The van der Waals surface area contributed by atoms with E-state index in [1.807, 2.05) is 0 Å². The topological polar surface area (TPSA) is 85.1 Å². The number of nitrogens with two attached hydrogens (primary N) is 1. The monoisotopic (exact) mass is 563 g/mol. The third-order valence-corrected chi connectivity index (χ3v) is 6.41. The molecule has 1 heterocycles.